The second-order valence-electron chi connectivity index (χ2n) is 4.91. The number of aromatic nitrogens is 3. The zero-order valence-electron chi connectivity index (χ0n) is 13.2. The topological polar surface area (TPSA) is 87.4 Å². The predicted molar refractivity (Wildman–Crippen MR) is 90.2 cm³/mol. The molecule has 0 aliphatic heterocycles. The van der Waals surface area contributed by atoms with Crippen LogP contribution in [0.1, 0.15) is 24.4 Å². The highest BCUT2D eigenvalue weighted by atomic mass is 35.5. The Hall–Kier alpha value is -2.12. The molecule has 1 heterocycles. The number of hydrogen-bond acceptors (Lipinski definition) is 4. The van der Waals surface area contributed by atoms with Crippen molar-refractivity contribution >= 4 is 17.6 Å². The van der Waals surface area contributed by atoms with Crippen LogP contribution in [0.25, 0.3) is 0 Å². The average molecular weight is 337 g/mol. The summed E-state index contributed by atoms with van der Waals surface area (Å²) in [4.78, 5) is 8.56. The van der Waals surface area contributed by atoms with Gasteiger partial charge in [-0.1, -0.05) is 29.8 Å². The number of nitrogens with one attached hydrogen (secondary N) is 2. The van der Waals surface area contributed by atoms with Crippen molar-refractivity contribution in [2.24, 2.45) is 12.0 Å². The van der Waals surface area contributed by atoms with Crippen LogP contribution in [-0.4, -0.2) is 38.9 Å². The van der Waals surface area contributed by atoms with Gasteiger partial charge >= 0.3 is 0 Å². The molecule has 1 aromatic heterocycles. The van der Waals surface area contributed by atoms with Crippen LogP contribution in [0.2, 0.25) is 5.02 Å². The van der Waals surface area contributed by atoms with E-state index in [1.165, 1.54) is 6.33 Å². The minimum atomic E-state index is -0.720. The maximum Gasteiger partial charge on any atom is 0.191 e. The van der Waals surface area contributed by atoms with Gasteiger partial charge in [0.1, 0.15) is 18.7 Å². The number of nitrogens with zero attached hydrogens (tertiary/aromatic N) is 4. The summed E-state index contributed by atoms with van der Waals surface area (Å²) in [5, 5.41) is 21.0. The second-order valence-corrected chi connectivity index (χ2v) is 5.32. The van der Waals surface area contributed by atoms with E-state index in [9.17, 15) is 5.11 Å². The molecule has 1 atom stereocenters. The number of aliphatic hydroxyl groups is 1. The molecule has 7 nitrogen and oxygen atoms in total. The van der Waals surface area contributed by atoms with E-state index in [0.717, 1.165) is 5.82 Å². The van der Waals surface area contributed by atoms with Gasteiger partial charge in [-0.3, -0.25) is 4.68 Å². The lowest BCUT2D eigenvalue weighted by Gasteiger charge is -2.16. The fraction of sp³-hybridized carbons (Fsp3) is 0.400. The van der Waals surface area contributed by atoms with Crippen LogP contribution in [0.4, 0.5) is 0 Å². The van der Waals surface area contributed by atoms with Crippen LogP contribution in [0, 0.1) is 0 Å². The zero-order chi connectivity index (χ0) is 16.7. The van der Waals surface area contributed by atoms with E-state index >= 15 is 0 Å². The number of aliphatic imine (C=N–C) groups is 1. The normalized spacial score (nSPS) is 13.0. The van der Waals surface area contributed by atoms with Crippen molar-refractivity contribution in [3.63, 3.8) is 0 Å². The molecule has 0 bridgehead atoms. The molecule has 2 rings (SSSR count). The molecule has 0 aliphatic carbocycles. The summed E-state index contributed by atoms with van der Waals surface area (Å²) >= 11 is 6.09. The van der Waals surface area contributed by atoms with E-state index in [1.54, 1.807) is 16.8 Å². The van der Waals surface area contributed by atoms with Gasteiger partial charge in [0.05, 0.1) is 6.10 Å². The molecule has 23 heavy (non-hydrogen) atoms. The van der Waals surface area contributed by atoms with Crippen molar-refractivity contribution in [2.45, 2.75) is 19.6 Å². The van der Waals surface area contributed by atoms with Crippen molar-refractivity contribution in [2.75, 3.05) is 13.1 Å². The molecule has 1 aromatic carbocycles. The Morgan fingerprint density at radius 1 is 1.39 bits per heavy atom. The Labute approximate surface area is 140 Å². The summed E-state index contributed by atoms with van der Waals surface area (Å²) in [5.41, 5.74) is 0.686. The summed E-state index contributed by atoms with van der Waals surface area (Å²) in [6.07, 6.45) is 0.772. The molecule has 8 heteroatoms. The molecule has 0 saturated carbocycles. The van der Waals surface area contributed by atoms with Crippen molar-refractivity contribution in [3.8, 4) is 0 Å². The van der Waals surface area contributed by atoms with Crippen LogP contribution < -0.4 is 10.6 Å². The maximum absolute atomic E-state index is 10.3. The molecule has 0 spiro atoms. The Balaban J connectivity index is 1.96. The zero-order valence-corrected chi connectivity index (χ0v) is 14.0. The van der Waals surface area contributed by atoms with Gasteiger partial charge in [0.25, 0.3) is 0 Å². The summed E-state index contributed by atoms with van der Waals surface area (Å²) in [6.45, 7) is 3.39. The first kappa shape index (κ1) is 17.2. The Morgan fingerprint density at radius 2 is 2.17 bits per heavy atom. The van der Waals surface area contributed by atoms with Crippen molar-refractivity contribution in [1.82, 2.24) is 25.4 Å². The van der Waals surface area contributed by atoms with Crippen molar-refractivity contribution in [3.05, 3.63) is 47.0 Å². The number of hydrogen-bond donors (Lipinski definition) is 3. The molecular weight excluding hydrogens is 316 g/mol. The van der Waals surface area contributed by atoms with Crippen LogP contribution >= 0.6 is 11.6 Å². The summed E-state index contributed by atoms with van der Waals surface area (Å²) in [5.74, 6) is 1.36. The van der Waals surface area contributed by atoms with E-state index in [4.69, 9.17) is 11.6 Å². The van der Waals surface area contributed by atoms with Crippen molar-refractivity contribution in [1.29, 1.82) is 0 Å². The number of aliphatic hydroxyl groups excluding tert-OH is 1. The lowest BCUT2D eigenvalue weighted by Crippen LogP contribution is -2.39. The Bertz CT molecular complexity index is 657. The van der Waals surface area contributed by atoms with Gasteiger partial charge in [0.15, 0.2) is 5.96 Å². The molecular formula is C15H21ClN6O. The standard InChI is InChI=1S/C15H21ClN6O/c1-3-17-15(19-9-14-20-10-21-22(14)2)18-8-13(23)11-6-4-5-7-12(11)16/h4-7,10,13,23H,3,8-9H2,1-2H3,(H2,17,18,19). The lowest BCUT2D eigenvalue weighted by molar-refractivity contribution is 0.181. The van der Waals surface area contributed by atoms with Gasteiger partial charge in [-0.15, -0.1) is 0 Å². The quantitative estimate of drug-likeness (QED) is 0.546. The fourth-order valence-corrected chi connectivity index (χ4v) is 2.27. The molecule has 124 valence electrons. The lowest BCUT2D eigenvalue weighted by atomic mass is 10.1. The molecule has 0 fully saturated rings. The van der Waals surface area contributed by atoms with Crippen LogP contribution in [0.15, 0.2) is 35.6 Å². The summed E-state index contributed by atoms with van der Waals surface area (Å²) in [6, 6.07) is 7.24. The minimum Gasteiger partial charge on any atom is -0.387 e. The third-order valence-corrected chi connectivity index (χ3v) is 3.60. The maximum atomic E-state index is 10.3. The van der Waals surface area contributed by atoms with Gasteiger partial charge < -0.3 is 15.7 Å². The van der Waals surface area contributed by atoms with E-state index in [2.05, 4.69) is 25.7 Å². The molecule has 0 aliphatic rings. The minimum absolute atomic E-state index is 0.300. The summed E-state index contributed by atoms with van der Waals surface area (Å²) < 4.78 is 1.67. The molecule has 1 unspecified atom stereocenters. The van der Waals surface area contributed by atoms with E-state index in [-0.39, 0.29) is 0 Å². The first-order valence-corrected chi connectivity index (χ1v) is 7.77. The third-order valence-electron chi connectivity index (χ3n) is 3.26. The van der Waals surface area contributed by atoms with Gasteiger partial charge in [-0.05, 0) is 13.0 Å². The smallest absolute Gasteiger partial charge is 0.191 e. The second kappa shape index (κ2) is 8.50. The largest absolute Gasteiger partial charge is 0.387 e. The van der Waals surface area contributed by atoms with Crippen molar-refractivity contribution < 1.29 is 5.11 Å². The third kappa shape index (κ3) is 4.94. The highest BCUT2D eigenvalue weighted by Gasteiger charge is 2.11. The highest BCUT2D eigenvalue weighted by Crippen LogP contribution is 2.21. The van der Waals surface area contributed by atoms with Gasteiger partial charge in [-0.25, -0.2) is 9.98 Å². The Kier molecular flexibility index (Phi) is 6.37. The molecule has 0 radical (unpaired) electrons. The van der Waals surface area contributed by atoms with Crippen LogP contribution in [0.3, 0.4) is 0 Å². The number of guanidine groups is 1. The highest BCUT2D eigenvalue weighted by molar-refractivity contribution is 6.31. The van der Waals surface area contributed by atoms with Crippen LogP contribution in [0.5, 0.6) is 0 Å². The van der Waals surface area contributed by atoms with Gasteiger partial charge in [0, 0.05) is 30.7 Å². The molecule has 2 aromatic rings. The number of halogens is 1. The summed E-state index contributed by atoms with van der Waals surface area (Å²) in [7, 11) is 1.82. The Morgan fingerprint density at radius 3 is 2.83 bits per heavy atom. The number of rotatable bonds is 6. The van der Waals surface area contributed by atoms with E-state index < -0.39 is 6.10 Å². The molecule has 0 saturated heterocycles. The number of benzene rings is 1. The molecule has 3 N–H and O–H groups in total. The fourth-order valence-electron chi connectivity index (χ4n) is 2.00. The first-order chi connectivity index (χ1) is 11.1. The predicted octanol–water partition coefficient (Wildman–Crippen LogP) is 1.26. The average Bonchev–Trinajstić information content (AvgIpc) is 2.95. The van der Waals surface area contributed by atoms with Gasteiger partial charge in [-0.2, -0.15) is 5.10 Å². The number of aryl methyl sites for hydroxylation is 1. The van der Waals surface area contributed by atoms with Gasteiger partial charge in [0.2, 0.25) is 0 Å². The SMILES string of the molecule is CCNC(=NCc1ncnn1C)NCC(O)c1ccccc1Cl. The molecule has 0 amide bonds. The van der Waals surface area contributed by atoms with Crippen LogP contribution in [-0.2, 0) is 13.6 Å². The van der Waals surface area contributed by atoms with E-state index in [1.807, 2.05) is 26.1 Å². The van der Waals surface area contributed by atoms with E-state index in [0.29, 0.717) is 36.2 Å². The monoisotopic (exact) mass is 336 g/mol. The first-order valence-electron chi connectivity index (χ1n) is 7.39.